The predicted octanol–water partition coefficient (Wildman–Crippen LogP) is 4.79. The van der Waals surface area contributed by atoms with E-state index >= 15 is 0 Å². The fraction of sp³-hybridized carbons (Fsp3) is 0.529. The summed E-state index contributed by atoms with van der Waals surface area (Å²) in [5.41, 5.74) is 0.611. The Bertz CT molecular complexity index is 660. The van der Waals surface area contributed by atoms with Gasteiger partial charge in [0.05, 0.1) is 10.2 Å². The molecule has 0 aliphatic carbocycles. The van der Waals surface area contributed by atoms with Crippen LogP contribution in [0.15, 0.2) is 28.6 Å². The van der Waals surface area contributed by atoms with Crippen LogP contribution in [-0.2, 0) is 4.74 Å². The molecule has 1 saturated heterocycles. The van der Waals surface area contributed by atoms with E-state index in [0.717, 1.165) is 35.0 Å². The second-order valence-corrected chi connectivity index (χ2v) is 9.03. The number of benzene rings is 1. The number of amides is 1. The van der Waals surface area contributed by atoms with Crippen LogP contribution in [0.25, 0.3) is 10.2 Å². The van der Waals surface area contributed by atoms with Gasteiger partial charge >= 0.3 is 6.09 Å². The topological polar surface area (TPSA) is 42.4 Å². The molecule has 4 nitrogen and oxygen atoms in total. The minimum Gasteiger partial charge on any atom is -0.444 e. The molecule has 0 spiro atoms. The van der Waals surface area contributed by atoms with E-state index in [0.29, 0.717) is 0 Å². The van der Waals surface area contributed by atoms with Gasteiger partial charge in [0, 0.05) is 18.3 Å². The molecule has 124 valence electrons. The van der Waals surface area contributed by atoms with Gasteiger partial charge in [0.1, 0.15) is 5.60 Å². The molecule has 6 heteroatoms. The zero-order valence-corrected chi connectivity index (χ0v) is 15.4. The van der Waals surface area contributed by atoms with Crippen LogP contribution in [-0.4, -0.2) is 39.9 Å². The third kappa shape index (κ3) is 4.18. The first-order chi connectivity index (χ1) is 10.9. The van der Waals surface area contributed by atoms with Crippen LogP contribution in [0, 0.1) is 0 Å². The minimum atomic E-state index is -0.440. The molecular formula is C17H22N2O2S2. The van der Waals surface area contributed by atoms with Crippen LogP contribution in [0.5, 0.6) is 0 Å². The van der Waals surface area contributed by atoms with Gasteiger partial charge in [-0.25, -0.2) is 9.78 Å². The number of likely N-dealkylation sites (tertiary alicyclic amines) is 1. The van der Waals surface area contributed by atoms with Gasteiger partial charge in [-0.1, -0.05) is 23.9 Å². The van der Waals surface area contributed by atoms with E-state index in [4.69, 9.17) is 4.74 Å². The van der Waals surface area contributed by atoms with Crippen molar-refractivity contribution in [2.45, 2.75) is 49.6 Å². The molecule has 1 aliphatic rings. The van der Waals surface area contributed by atoms with Gasteiger partial charge in [0.25, 0.3) is 0 Å². The van der Waals surface area contributed by atoms with Gasteiger partial charge in [-0.2, -0.15) is 0 Å². The van der Waals surface area contributed by atoms with E-state index in [9.17, 15) is 4.79 Å². The zero-order valence-electron chi connectivity index (χ0n) is 13.7. The Morgan fingerprint density at radius 3 is 2.96 bits per heavy atom. The smallest absolute Gasteiger partial charge is 0.410 e. The maximum absolute atomic E-state index is 12.3. The first kappa shape index (κ1) is 16.6. The summed E-state index contributed by atoms with van der Waals surface area (Å²) in [5, 5.41) is 0. The summed E-state index contributed by atoms with van der Waals surface area (Å²) >= 11 is 3.46. The van der Waals surface area contributed by atoms with Crippen LogP contribution in [0.3, 0.4) is 0 Å². The number of hydrogen-bond donors (Lipinski definition) is 0. The highest BCUT2D eigenvalue weighted by atomic mass is 32.2. The van der Waals surface area contributed by atoms with E-state index in [2.05, 4.69) is 11.1 Å². The molecular weight excluding hydrogens is 328 g/mol. The number of hydrogen-bond acceptors (Lipinski definition) is 5. The van der Waals surface area contributed by atoms with Gasteiger partial charge in [0.15, 0.2) is 4.34 Å². The molecule has 0 unspecified atom stereocenters. The summed E-state index contributed by atoms with van der Waals surface area (Å²) in [6.45, 7) is 6.52. The lowest BCUT2D eigenvalue weighted by Crippen LogP contribution is -2.40. The lowest BCUT2D eigenvalue weighted by molar-refractivity contribution is 0.0242. The first-order valence-corrected chi connectivity index (χ1v) is 9.70. The molecule has 23 heavy (non-hydrogen) atoms. The number of fused-ring (bicyclic) bond motifs is 1. The molecule has 0 N–H and O–H groups in total. The molecule has 1 aromatic heterocycles. The van der Waals surface area contributed by atoms with Crippen LogP contribution >= 0.6 is 23.1 Å². The molecule has 1 aromatic carbocycles. The fourth-order valence-electron chi connectivity index (χ4n) is 2.65. The number of rotatable bonds is 3. The molecule has 0 saturated carbocycles. The Hall–Kier alpha value is -1.27. The molecule has 3 rings (SSSR count). The lowest BCUT2D eigenvalue weighted by atomic mass is 10.2. The lowest BCUT2D eigenvalue weighted by Gasteiger charge is -2.28. The summed E-state index contributed by atoms with van der Waals surface area (Å²) in [5.74, 6) is 0.874. The van der Waals surface area contributed by atoms with Crippen molar-refractivity contribution in [3.8, 4) is 0 Å². The molecule has 0 bridgehead atoms. The summed E-state index contributed by atoms with van der Waals surface area (Å²) in [4.78, 5) is 18.8. The van der Waals surface area contributed by atoms with Crippen molar-refractivity contribution in [3.05, 3.63) is 24.3 Å². The number of ether oxygens (including phenoxy) is 1. The van der Waals surface area contributed by atoms with E-state index in [1.54, 1.807) is 23.1 Å². The third-order valence-electron chi connectivity index (χ3n) is 3.68. The summed E-state index contributed by atoms with van der Waals surface area (Å²) < 4.78 is 7.80. The molecule has 0 radical (unpaired) electrons. The molecule has 1 aliphatic heterocycles. The Morgan fingerprint density at radius 2 is 2.22 bits per heavy atom. The SMILES string of the molecule is CC(C)(C)OC(=O)N1CCC[C@H]1CSc1nc2ccccc2s1. The molecule has 1 fully saturated rings. The maximum Gasteiger partial charge on any atom is 0.410 e. The summed E-state index contributed by atoms with van der Waals surface area (Å²) in [6, 6.07) is 8.42. The van der Waals surface area contributed by atoms with E-state index in [1.165, 1.54) is 4.70 Å². The van der Waals surface area contributed by atoms with E-state index in [-0.39, 0.29) is 12.1 Å². The van der Waals surface area contributed by atoms with Gasteiger partial charge in [-0.05, 0) is 45.7 Å². The fourth-order valence-corrected chi connectivity index (χ4v) is 4.90. The molecule has 2 aromatic rings. The van der Waals surface area contributed by atoms with Crippen LogP contribution in [0.2, 0.25) is 0 Å². The van der Waals surface area contributed by atoms with Crippen molar-refractivity contribution in [2.24, 2.45) is 0 Å². The van der Waals surface area contributed by atoms with Crippen LogP contribution in [0.4, 0.5) is 4.79 Å². The number of carbonyl (C=O) groups is 1. The van der Waals surface area contributed by atoms with Crippen LogP contribution < -0.4 is 0 Å². The highest BCUT2D eigenvalue weighted by Crippen LogP contribution is 2.32. The second kappa shape index (κ2) is 6.69. The van der Waals surface area contributed by atoms with E-state index in [1.807, 2.05) is 43.9 Å². The standard InChI is InChI=1S/C17H22N2O2S2/c1-17(2,3)21-16(20)19-10-6-7-12(19)11-22-15-18-13-8-4-5-9-14(13)23-15/h4-5,8-9,12H,6-7,10-11H2,1-3H3/t12-/m0/s1. The van der Waals surface area contributed by atoms with Crippen molar-refractivity contribution in [3.63, 3.8) is 0 Å². The minimum absolute atomic E-state index is 0.190. The van der Waals surface area contributed by atoms with E-state index < -0.39 is 5.60 Å². The highest BCUT2D eigenvalue weighted by Gasteiger charge is 2.32. The summed E-state index contributed by atoms with van der Waals surface area (Å²) in [7, 11) is 0. The number of aromatic nitrogens is 1. The van der Waals surface area contributed by atoms with Crippen LogP contribution in [0.1, 0.15) is 33.6 Å². The third-order valence-corrected chi connectivity index (χ3v) is 6.00. The Morgan fingerprint density at radius 1 is 1.43 bits per heavy atom. The number of carbonyl (C=O) groups excluding carboxylic acids is 1. The Balaban J connectivity index is 1.61. The predicted molar refractivity (Wildman–Crippen MR) is 96.3 cm³/mol. The molecule has 1 amide bonds. The molecule has 1 atom stereocenters. The van der Waals surface area contributed by atoms with Crippen molar-refractivity contribution in [1.29, 1.82) is 0 Å². The number of para-hydroxylation sites is 1. The van der Waals surface area contributed by atoms with Crippen molar-refractivity contribution in [2.75, 3.05) is 12.3 Å². The zero-order chi connectivity index (χ0) is 16.4. The van der Waals surface area contributed by atoms with Gasteiger partial charge in [0.2, 0.25) is 0 Å². The Labute approximate surface area is 145 Å². The monoisotopic (exact) mass is 350 g/mol. The largest absolute Gasteiger partial charge is 0.444 e. The number of thiazole rings is 1. The quantitative estimate of drug-likeness (QED) is 0.747. The average Bonchev–Trinajstić information content (AvgIpc) is 3.09. The van der Waals surface area contributed by atoms with Gasteiger partial charge in [-0.3, -0.25) is 0 Å². The first-order valence-electron chi connectivity index (χ1n) is 7.90. The Kier molecular flexibility index (Phi) is 4.82. The number of thioether (sulfide) groups is 1. The molecule has 2 heterocycles. The van der Waals surface area contributed by atoms with Crippen molar-refractivity contribution < 1.29 is 9.53 Å². The summed E-state index contributed by atoms with van der Waals surface area (Å²) in [6.07, 6.45) is 1.89. The average molecular weight is 351 g/mol. The highest BCUT2D eigenvalue weighted by molar-refractivity contribution is 8.01. The normalized spacial score (nSPS) is 18.6. The maximum atomic E-state index is 12.3. The van der Waals surface area contributed by atoms with Crippen molar-refractivity contribution >= 4 is 39.4 Å². The second-order valence-electron chi connectivity index (χ2n) is 6.73. The number of nitrogens with zero attached hydrogens (tertiary/aromatic N) is 2. The van der Waals surface area contributed by atoms with Crippen molar-refractivity contribution in [1.82, 2.24) is 9.88 Å². The van der Waals surface area contributed by atoms with Gasteiger partial charge in [-0.15, -0.1) is 11.3 Å². The van der Waals surface area contributed by atoms with Gasteiger partial charge < -0.3 is 9.64 Å².